The zero-order chi connectivity index (χ0) is 40.5. The van der Waals surface area contributed by atoms with Crippen molar-refractivity contribution in [3.63, 3.8) is 0 Å². The number of hydrogen-bond donors (Lipinski definition) is 5. The molecule has 302 valence electrons. The molecular weight excluding hydrogens is 713 g/mol. The number of nitrogens with one attached hydrogen (secondary N) is 2. The minimum Gasteiger partial charge on any atom is -0.496 e. The van der Waals surface area contributed by atoms with Gasteiger partial charge in [-0.15, -0.1) is 0 Å². The summed E-state index contributed by atoms with van der Waals surface area (Å²) in [6, 6.07) is 18.6. The summed E-state index contributed by atoms with van der Waals surface area (Å²) in [5, 5.41) is 39.0. The predicted octanol–water partition coefficient (Wildman–Crippen LogP) is 4.90. The second-order valence-corrected chi connectivity index (χ2v) is 16.8. The van der Waals surface area contributed by atoms with E-state index in [9.17, 15) is 29.7 Å². The van der Waals surface area contributed by atoms with Gasteiger partial charge in [0.05, 0.1) is 32.4 Å². The molecule has 1 heterocycles. The van der Waals surface area contributed by atoms with E-state index in [2.05, 4.69) is 31.4 Å². The van der Waals surface area contributed by atoms with Crippen molar-refractivity contribution in [2.24, 2.45) is 29.1 Å². The number of methoxy groups -OCH3 is 1. The summed E-state index contributed by atoms with van der Waals surface area (Å²) in [6.07, 6.45) is 0.820. The third-order valence-corrected chi connectivity index (χ3v) is 12.9. The van der Waals surface area contributed by atoms with Crippen molar-refractivity contribution in [1.82, 2.24) is 15.7 Å². The average Bonchev–Trinajstić information content (AvgIpc) is 3.51. The highest BCUT2D eigenvalue weighted by Crippen LogP contribution is 2.61. The molecule has 7 rings (SSSR count). The van der Waals surface area contributed by atoms with Gasteiger partial charge in [0.15, 0.2) is 0 Å². The summed E-state index contributed by atoms with van der Waals surface area (Å²) in [4.78, 5) is 47.8. The molecule has 0 unspecified atom stereocenters. The number of carbonyl (C=O) groups is 3. The van der Waals surface area contributed by atoms with E-state index in [-0.39, 0.29) is 43.5 Å². The van der Waals surface area contributed by atoms with E-state index in [1.54, 1.807) is 31.2 Å². The first kappa shape index (κ1) is 41.2. The standard InChI is InChI=1S/C44H58N4O8/c1-25-34-20-31(44(34,3)4)21-35(25)45-39(51)22-37-40(26(2)50)38(24-49)56-48(37)23-28-14-11-15-33(41(28)55-7)29-17-30(19-32(18-29)47(5)6)42(52)46-36(43(53)54)16-27-12-9-8-10-13-27/h8-15,17-19,25-26,31,34-38,40,49-50H,16,20-24H2,1-7H3,(H,45,51)(H,46,52)(H,53,54)/t25-,26-,31+,34-,35-,36+,37+,38-,40-/m0/s1. The van der Waals surface area contributed by atoms with E-state index in [4.69, 9.17) is 9.57 Å². The van der Waals surface area contributed by atoms with E-state index in [0.29, 0.717) is 40.0 Å². The topological polar surface area (TPSA) is 161 Å². The Morgan fingerprint density at radius 3 is 2.39 bits per heavy atom. The second-order valence-electron chi connectivity index (χ2n) is 16.8. The van der Waals surface area contributed by atoms with Crippen molar-refractivity contribution in [3.8, 4) is 16.9 Å². The normalized spacial score (nSPS) is 26.4. The van der Waals surface area contributed by atoms with E-state index < -0.39 is 42.1 Å². The first-order chi connectivity index (χ1) is 26.6. The van der Waals surface area contributed by atoms with Gasteiger partial charge in [-0.25, -0.2) is 4.79 Å². The number of aliphatic carboxylic acids is 1. The highest BCUT2D eigenvalue weighted by atomic mass is 16.7. The molecule has 1 aliphatic heterocycles. The average molecular weight is 771 g/mol. The molecule has 2 amide bonds. The van der Waals surface area contributed by atoms with Gasteiger partial charge in [-0.3, -0.25) is 14.4 Å². The lowest BCUT2D eigenvalue weighted by Gasteiger charge is -2.62. The Morgan fingerprint density at radius 2 is 1.79 bits per heavy atom. The number of carbonyl (C=O) groups excluding carboxylic acids is 2. The summed E-state index contributed by atoms with van der Waals surface area (Å²) in [5.41, 5.74) is 4.19. The molecule has 4 fully saturated rings. The summed E-state index contributed by atoms with van der Waals surface area (Å²) in [7, 11) is 5.29. The van der Waals surface area contributed by atoms with Crippen molar-refractivity contribution < 1.29 is 39.3 Å². The molecule has 0 aromatic heterocycles. The van der Waals surface area contributed by atoms with Gasteiger partial charge in [-0.2, -0.15) is 5.06 Å². The Bertz CT molecular complexity index is 1880. The molecule has 3 saturated carbocycles. The lowest BCUT2D eigenvalue weighted by atomic mass is 9.45. The number of amides is 2. The molecule has 3 aromatic rings. The van der Waals surface area contributed by atoms with Crippen LogP contribution < -0.4 is 20.3 Å². The third-order valence-electron chi connectivity index (χ3n) is 12.9. The molecule has 5 N–H and O–H groups in total. The zero-order valence-electron chi connectivity index (χ0n) is 33.6. The van der Waals surface area contributed by atoms with Crippen LogP contribution in [0.15, 0.2) is 66.7 Å². The van der Waals surface area contributed by atoms with Crippen LogP contribution in [-0.4, -0.2) is 96.3 Å². The number of rotatable bonds is 15. The van der Waals surface area contributed by atoms with Crippen LogP contribution in [0.2, 0.25) is 0 Å². The highest BCUT2D eigenvalue weighted by molar-refractivity contribution is 5.99. The first-order valence-corrected chi connectivity index (χ1v) is 19.7. The maximum Gasteiger partial charge on any atom is 0.326 e. The fraction of sp³-hybridized carbons (Fsp3) is 0.523. The SMILES string of the molecule is COc1c(CN2O[C@@H](CO)[C@@H]([C@H](C)O)[C@H]2CC(=O)N[C@H]2C[C@H]3C[C@@H]([C@@H]2C)C3(C)C)cccc1-c1cc(C(=O)N[C@H](Cc2ccccc2)C(=O)O)cc(N(C)C)c1. The molecule has 2 bridgehead atoms. The minimum atomic E-state index is -1.14. The molecular formula is C44H58N4O8. The fourth-order valence-corrected chi connectivity index (χ4v) is 9.53. The number of carboxylic acids is 1. The summed E-state index contributed by atoms with van der Waals surface area (Å²) < 4.78 is 6.04. The summed E-state index contributed by atoms with van der Waals surface area (Å²) >= 11 is 0. The number of nitrogens with zero attached hydrogens (tertiary/aromatic N) is 2. The van der Waals surface area contributed by atoms with Crippen LogP contribution in [0.4, 0.5) is 5.69 Å². The van der Waals surface area contributed by atoms with Crippen LogP contribution >= 0.6 is 0 Å². The van der Waals surface area contributed by atoms with E-state index in [0.717, 1.165) is 23.2 Å². The van der Waals surface area contributed by atoms with Gasteiger partial charge >= 0.3 is 5.97 Å². The Morgan fingerprint density at radius 1 is 1.05 bits per heavy atom. The lowest BCUT2D eigenvalue weighted by molar-refractivity contribution is -0.180. The van der Waals surface area contributed by atoms with Gasteiger partial charge in [-0.05, 0) is 72.3 Å². The number of hydroxylamine groups is 2. The van der Waals surface area contributed by atoms with Gasteiger partial charge in [0.2, 0.25) is 5.91 Å². The van der Waals surface area contributed by atoms with Gasteiger partial charge in [0, 0.05) is 61.3 Å². The molecule has 0 radical (unpaired) electrons. The number of aliphatic hydroxyl groups excluding tert-OH is 2. The number of aliphatic hydroxyl groups is 2. The van der Waals surface area contributed by atoms with E-state index >= 15 is 0 Å². The maximum absolute atomic E-state index is 13.8. The number of carboxylic acid groups (broad SMARTS) is 1. The quantitative estimate of drug-likeness (QED) is 0.144. The third kappa shape index (κ3) is 8.44. The van der Waals surface area contributed by atoms with Crippen LogP contribution in [0.25, 0.3) is 11.1 Å². The number of benzene rings is 3. The Labute approximate surface area is 330 Å². The number of hydrogen-bond acceptors (Lipinski definition) is 9. The number of para-hydroxylation sites is 1. The monoisotopic (exact) mass is 770 g/mol. The van der Waals surface area contributed by atoms with Crippen LogP contribution in [0.1, 0.15) is 68.4 Å². The van der Waals surface area contributed by atoms with Crippen LogP contribution in [0, 0.1) is 29.1 Å². The fourth-order valence-electron chi connectivity index (χ4n) is 9.53. The molecule has 3 aromatic carbocycles. The van der Waals surface area contributed by atoms with E-state index in [1.807, 2.05) is 73.6 Å². The van der Waals surface area contributed by atoms with Gasteiger partial charge in [0.1, 0.15) is 17.9 Å². The first-order valence-electron chi connectivity index (χ1n) is 19.7. The summed E-state index contributed by atoms with van der Waals surface area (Å²) in [6.45, 7) is 8.43. The van der Waals surface area contributed by atoms with E-state index in [1.165, 1.54) is 6.42 Å². The molecule has 56 heavy (non-hydrogen) atoms. The van der Waals surface area contributed by atoms with Crippen LogP contribution in [0.3, 0.4) is 0 Å². The van der Waals surface area contributed by atoms with Crippen molar-refractivity contribution in [2.45, 2.75) is 90.3 Å². The minimum absolute atomic E-state index is 0.0843. The smallest absolute Gasteiger partial charge is 0.326 e. The number of fused-ring (bicyclic) bond motifs is 2. The van der Waals surface area contributed by atoms with Crippen molar-refractivity contribution in [2.75, 3.05) is 32.7 Å². The number of ether oxygens (including phenoxy) is 1. The maximum atomic E-state index is 13.8. The Balaban J connectivity index is 1.25. The lowest BCUT2D eigenvalue weighted by Crippen LogP contribution is -2.61. The Hall–Kier alpha value is -4.49. The molecule has 12 heteroatoms. The molecule has 1 saturated heterocycles. The zero-order valence-corrected chi connectivity index (χ0v) is 33.6. The van der Waals surface area contributed by atoms with Crippen LogP contribution in [-0.2, 0) is 27.4 Å². The second kappa shape index (κ2) is 16.9. The van der Waals surface area contributed by atoms with Crippen molar-refractivity contribution in [1.29, 1.82) is 0 Å². The Kier molecular flexibility index (Phi) is 12.4. The van der Waals surface area contributed by atoms with Crippen molar-refractivity contribution >= 4 is 23.5 Å². The molecule has 12 nitrogen and oxygen atoms in total. The van der Waals surface area contributed by atoms with Crippen LogP contribution in [0.5, 0.6) is 5.75 Å². The predicted molar refractivity (Wildman–Crippen MR) is 214 cm³/mol. The molecule has 4 aliphatic rings. The van der Waals surface area contributed by atoms with Gasteiger partial charge in [-0.1, -0.05) is 69.3 Å². The molecule has 0 spiro atoms. The molecule has 9 atom stereocenters. The largest absolute Gasteiger partial charge is 0.496 e. The van der Waals surface area contributed by atoms with Gasteiger partial charge in [0.25, 0.3) is 5.91 Å². The number of anilines is 1. The van der Waals surface area contributed by atoms with Gasteiger partial charge < -0.3 is 35.6 Å². The highest BCUT2D eigenvalue weighted by Gasteiger charge is 2.56. The summed E-state index contributed by atoms with van der Waals surface area (Å²) in [5.74, 6) is -0.234. The van der Waals surface area contributed by atoms with Crippen molar-refractivity contribution in [3.05, 3.63) is 83.4 Å². The molecule has 3 aliphatic carbocycles.